The summed E-state index contributed by atoms with van der Waals surface area (Å²) in [6.07, 6.45) is 0.750. The molecule has 3 aromatic rings. The van der Waals surface area contributed by atoms with E-state index in [1.807, 2.05) is 6.92 Å². The van der Waals surface area contributed by atoms with Crippen molar-refractivity contribution in [1.82, 2.24) is 0 Å². The number of rotatable bonds is 6. The predicted octanol–water partition coefficient (Wildman–Crippen LogP) is 5.26. The molecule has 0 aromatic heterocycles. The first kappa shape index (κ1) is 23.2. The van der Waals surface area contributed by atoms with Crippen molar-refractivity contribution < 1.29 is 19.1 Å². The van der Waals surface area contributed by atoms with Crippen molar-refractivity contribution in [3.63, 3.8) is 0 Å². The third-order valence-corrected chi connectivity index (χ3v) is 5.50. The molecular formula is C26H22ClN3O4. The van der Waals surface area contributed by atoms with Crippen LogP contribution in [-0.4, -0.2) is 37.1 Å². The van der Waals surface area contributed by atoms with Crippen molar-refractivity contribution >= 4 is 52.2 Å². The second-order valence-electron chi connectivity index (χ2n) is 7.70. The summed E-state index contributed by atoms with van der Waals surface area (Å²) in [4.78, 5) is 43.2. The third kappa shape index (κ3) is 4.84. The molecule has 1 N–H and O–H groups in total. The largest absolute Gasteiger partial charge is 0.462 e. The van der Waals surface area contributed by atoms with Crippen LogP contribution in [0.2, 0.25) is 5.02 Å². The molecule has 0 spiro atoms. The number of hydrogen-bond acceptors (Lipinski definition) is 5. The summed E-state index contributed by atoms with van der Waals surface area (Å²) in [5.41, 5.74) is 3.65. The molecule has 1 heterocycles. The number of ether oxygens (including phenoxy) is 1. The molecule has 0 saturated heterocycles. The lowest BCUT2D eigenvalue weighted by Crippen LogP contribution is -2.25. The van der Waals surface area contributed by atoms with E-state index in [1.165, 1.54) is 4.90 Å². The lowest BCUT2D eigenvalue weighted by atomic mass is 10.1. The number of nitrogens with one attached hydrogen (secondary N) is 1. The topological polar surface area (TPSA) is 88.1 Å². The van der Waals surface area contributed by atoms with Crippen molar-refractivity contribution in [3.05, 3.63) is 88.4 Å². The van der Waals surface area contributed by atoms with Gasteiger partial charge in [-0.05, 0) is 73.2 Å². The summed E-state index contributed by atoms with van der Waals surface area (Å²) in [6.45, 7) is 2.29. The summed E-state index contributed by atoms with van der Waals surface area (Å²) in [5, 5.41) is 3.31. The Bertz CT molecular complexity index is 1280. The molecule has 4 rings (SSSR count). The van der Waals surface area contributed by atoms with E-state index in [0.29, 0.717) is 45.4 Å². The highest BCUT2D eigenvalue weighted by atomic mass is 35.5. The first-order chi connectivity index (χ1) is 16.4. The van der Waals surface area contributed by atoms with E-state index < -0.39 is 5.97 Å². The van der Waals surface area contributed by atoms with Gasteiger partial charge in [0.15, 0.2) is 0 Å². The van der Waals surface area contributed by atoms with Crippen LogP contribution in [0.15, 0.2) is 71.7 Å². The van der Waals surface area contributed by atoms with Crippen LogP contribution in [0.5, 0.6) is 0 Å². The van der Waals surface area contributed by atoms with Crippen LogP contribution in [0, 0.1) is 0 Å². The molecular weight excluding hydrogens is 454 g/mol. The Balaban J connectivity index is 1.46. The number of aliphatic imine (C=N–C) groups is 1. The van der Waals surface area contributed by atoms with Gasteiger partial charge in [-0.15, -0.1) is 0 Å². The van der Waals surface area contributed by atoms with Gasteiger partial charge >= 0.3 is 5.97 Å². The minimum absolute atomic E-state index is 0.221. The molecule has 2 amide bonds. The summed E-state index contributed by atoms with van der Waals surface area (Å²) in [5.74, 6) is -0.927. The molecule has 0 unspecified atom stereocenters. The van der Waals surface area contributed by atoms with E-state index in [9.17, 15) is 14.4 Å². The second kappa shape index (κ2) is 9.89. The van der Waals surface area contributed by atoms with Crippen LogP contribution in [0.1, 0.15) is 39.6 Å². The fourth-order valence-electron chi connectivity index (χ4n) is 3.47. The maximum absolute atomic E-state index is 12.6. The number of likely N-dealkylation sites (N-methyl/N-ethyl adjacent to an activating group) is 1. The molecule has 0 saturated carbocycles. The number of fused-ring (bicyclic) bond motifs is 1. The molecule has 7 nitrogen and oxygen atoms in total. The van der Waals surface area contributed by atoms with Crippen LogP contribution in [0.4, 0.5) is 17.1 Å². The van der Waals surface area contributed by atoms with Crippen molar-refractivity contribution in [1.29, 1.82) is 0 Å². The molecule has 172 valence electrons. The van der Waals surface area contributed by atoms with Crippen molar-refractivity contribution in [2.24, 2.45) is 4.99 Å². The summed E-state index contributed by atoms with van der Waals surface area (Å²) < 4.78 is 5.10. The quantitative estimate of drug-likeness (QED) is 0.493. The van der Waals surface area contributed by atoms with Gasteiger partial charge in [0.05, 0.1) is 23.5 Å². The van der Waals surface area contributed by atoms with Gasteiger partial charge in [-0.1, -0.05) is 18.5 Å². The number of nitrogens with zero attached hydrogens (tertiary/aromatic N) is 2. The monoisotopic (exact) mass is 475 g/mol. The maximum atomic E-state index is 12.6. The Hall–Kier alpha value is -3.97. The number of carbonyl (C=O) groups is 3. The highest BCUT2D eigenvalue weighted by molar-refractivity contribution is 6.55. The third-order valence-electron chi connectivity index (χ3n) is 5.27. The van der Waals surface area contributed by atoms with Gasteiger partial charge in [-0.2, -0.15) is 0 Å². The lowest BCUT2D eigenvalue weighted by molar-refractivity contribution is -0.111. The van der Waals surface area contributed by atoms with Crippen LogP contribution >= 0.6 is 11.6 Å². The SMILES string of the molecule is CCCOC(=O)c1ccc(NC(=O)c2ccc(N=C3C(=O)N(C)c4ccc(Cl)cc43)cc2)cc1. The number of carbonyl (C=O) groups excluding carboxylic acids is 3. The molecule has 34 heavy (non-hydrogen) atoms. The zero-order valence-electron chi connectivity index (χ0n) is 18.7. The van der Waals surface area contributed by atoms with Gasteiger partial charge < -0.3 is 15.0 Å². The molecule has 1 aliphatic heterocycles. The van der Waals surface area contributed by atoms with Gasteiger partial charge in [0, 0.05) is 28.9 Å². The Labute approximate surface area is 202 Å². The highest BCUT2D eigenvalue weighted by Gasteiger charge is 2.31. The van der Waals surface area contributed by atoms with Crippen LogP contribution in [-0.2, 0) is 9.53 Å². The van der Waals surface area contributed by atoms with Gasteiger partial charge in [0.1, 0.15) is 5.71 Å². The second-order valence-corrected chi connectivity index (χ2v) is 8.14. The number of anilines is 2. The molecule has 3 aromatic carbocycles. The Morgan fingerprint density at radius 1 is 1.00 bits per heavy atom. The summed E-state index contributed by atoms with van der Waals surface area (Å²) >= 11 is 6.10. The van der Waals surface area contributed by atoms with E-state index >= 15 is 0 Å². The fourth-order valence-corrected chi connectivity index (χ4v) is 3.64. The highest BCUT2D eigenvalue weighted by Crippen LogP contribution is 2.32. The minimum Gasteiger partial charge on any atom is -0.462 e. The predicted molar refractivity (Wildman–Crippen MR) is 132 cm³/mol. The summed E-state index contributed by atoms with van der Waals surface area (Å²) in [6, 6.07) is 18.3. The van der Waals surface area contributed by atoms with Gasteiger partial charge in [0.2, 0.25) is 0 Å². The minimum atomic E-state index is -0.395. The van der Waals surface area contributed by atoms with Crippen molar-refractivity contribution in [2.75, 3.05) is 23.9 Å². The van der Waals surface area contributed by atoms with E-state index in [-0.39, 0.29) is 11.8 Å². The Morgan fingerprint density at radius 2 is 1.68 bits per heavy atom. The molecule has 0 radical (unpaired) electrons. The fraction of sp³-hybridized carbons (Fsp3) is 0.154. The lowest BCUT2D eigenvalue weighted by Gasteiger charge is -2.08. The van der Waals surface area contributed by atoms with Crippen molar-refractivity contribution in [3.8, 4) is 0 Å². The number of amides is 2. The van der Waals surface area contributed by atoms with E-state index in [2.05, 4.69) is 10.3 Å². The summed E-state index contributed by atoms with van der Waals surface area (Å²) in [7, 11) is 1.69. The Kier molecular flexibility index (Phi) is 6.75. The average Bonchev–Trinajstić information content (AvgIpc) is 3.07. The molecule has 0 fully saturated rings. The molecule has 8 heteroatoms. The average molecular weight is 476 g/mol. The normalized spacial score (nSPS) is 13.7. The van der Waals surface area contributed by atoms with E-state index in [4.69, 9.17) is 16.3 Å². The molecule has 0 aliphatic carbocycles. The zero-order valence-corrected chi connectivity index (χ0v) is 19.4. The number of hydrogen-bond donors (Lipinski definition) is 1. The maximum Gasteiger partial charge on any atom is 0.338 e. The van der Waals surface area contributed by atoms with Crippen LogP contribution in [0.3, 0.4) is 0 Å². The zero-order chi connectivity index (χ0) is 24.2. The van der Waals surface area contributed by atoms with Crippen molar-refractivity contribution in [2.45, 2.75) is 13.3 Å². The smallest absolute Gasteiger partial charge is 0.338 e. The first-order valence-corrected chi connectivity index (χ1v) is 11.1. The van der Waals surface area contributed by atoms with Crippen LogP contribution in [0.25, 0.3) is 0 Å². The van der Waals surface area contributed by atoms with E-state index in [1.54, 1.807) is 73.8 Å². The molecule has 1 aliphatic rings. The van der Waals surface area contributed by atoms with Gasteiger partial charge in [0.25, 0.3) is 11.8 Å². The van der Waals surface area contributed by atoms with E-state index in [0.717, 1.165) is 12.1 Å². The number of benzene rings is 3. The van der Waals surface area contributed by atoms with Crippen LogP contribution < -0.4 is 10.2 Å². The molecule has 0 atom stereocenters. The van der Waals surface area contributed by atoms with Gasteiger partial charge in [-0.3, -0.25) is 9.59 Å². The number of halogens is 1. The Morgan fingerprint density at radius 3 is 2.35 bits per heavy atom. The standard InChI is InChI=1S/C26H22ClN3O4/c1-3-14-34-26(33)17-6-11-20(12-7-17)29-24(31)16-4-9-19(10-5-16)28-23-21-15-18(27)8-13-22(21)30(2)25(23)32/h4-13,15H,3,14H2,1-2H3,(H,29,31). The van der Waals surface area contributed by atoms with Gasteiger partial charge in [-0.25, -0.2) is 9.79 Å². The number of esters is 1. The molecule has 0 bridgehead atoms. The first-order valence-electron chi connectivity index (χ1n) is 10.7.